The summed E-state index contributed by atoms with van der Waals surface area (Å²) in [5.74, 6) is 0.410. The second kappa shape index (κ2) is 7.37. The van der Waals surface area contributed by atoms with Gasteiger partial charge in [0.1, 0.15) is 11.5 Å². The number of fused-ring (bicyclic) bond motifs is 2. The van der Waals surface area contributed by atoms with Gasteiger partial charge in [-0.3, -0.25) is 9.71 Å². The minimum absolute atomic E-state index is 0.182. The number of pyridine rings is 1. The van der Waals surface area contributed by atoms with Gasteiger partial charge in [-0.15, -0.1) is 0 Å². The maximum atomic E-state index is 12.9. The van der Waals surface area contributed by atoms with Gasteiger partial charge in [0.25, 0.3) is 10.0 Å². The summed E-state index contributed by atoms with van der Waals surface area (Å²) in [7, 11) is -3.77. The van der Waals surface area contributed by atoms with Crippen molar-refractivity contribution in [2.75, 3.05) is 4.72 Å². The fourth-order valence-electron chi connectivity index (χ4n) is 3.57. The molecule has 2 heterocycles. The van der Waals surface area contributed by atoms with E-state index in [1.807, 2.05) is 36.4 Å². The van der Waals surface area contributed by atoms with Crippen molar-refractivity contribution < 1.29 is 8.42 Å². The standard InChI is InChI=1S/C23H17ClN4O2S/c24-20-12-17(7-9-19(20)21-10-6-16-13-26-23(25)22(16)27-21)28-31(29,30)18-8-5-14-3-1-2-4-15(14)11-18/h1-12,28H,13H2,(H2,25,26). The zero-order valence-corrected chi connectivity index (χ0v) is 17.8. The normalized spacial score (nSPS) is 13.1. The first kappa shape index (κ1) is 19.5. The smallest absolute Gasteiger partial charge is 0.261 e. The van der Waals surface area contributed by atoms with Gasteiger partial charge in [-0.25, -0.2) is 13.4 Å². The molecule has 1 aromatic heterocycles. The zero-order chi connectivity index (χ0) is 21.6. The van der Waals surface area contributed by atoms with Gasteiger partial charge in [-0.1, -0.05) is 48.0 Å². The Morgan fingerprint density at radius 2 is 1.74 bits per heavy atom. The molecule has 3 aromatic carbocycles. The van der Waals surface area contributed by atoms with Crippen LogP contribution in [0, 0.1) is 0 Å². The number of aromatic nitrogens is 1. The monoisotopic (exact) mass is 448 g/mol. The number of aliphatic imine (C=N–C) groups is 1. The first-order chi connectivity index (χ1) is 14.9. The molecule has 0 spiro atoms. The molecule has 0 unspecified atom stereocenters. The van der Waals surface area contributed by atoms with Crippen molar-refractivity contribution in [3.05, 3.63) is 89.1 Å². The quantitative estimate of drug-likeness (QED) is 0.477. The number of benzene rings is 3. The number of nitrogens with two attached hydrogens (primary N) is 1. The Kier molecular flexibility index (Phi) is 4.64. The molecule has 0 saturated carbocycles. The number of anilines is 1. The molecule has 5 rings (SSSR count). The van der Waals surface area contributed by atoms with Crippen molar-refractivity contribution >= 4 is 43.9 Å². The van der Waals surface area contributed by atoms with Crippen LogP contribution in [-0.2, 0) is 16.6 Å². The van der Waals surface area contributed by atoms with E-state index in [-0.39, 0.29) is 4.90 Å². The van der Waals surface area contributed by atoms with E-state index in [2.05, 4.69) is 14.7 Å². The van der Waals surface area contributed by atoms with Crippen LogP contribution in [0.2, 0.25) is 5.02 Å². The van der Waals surface area contributed by atoms with Crippen LogP contribution in [0.3, 0.4) is 0 Å². The Balaban J connectivity index is 1.44. The maximum Gasteiger partial charge on any atom is 0.261 e. The predicted octanol–water partition coefficient (Wildman–Crippen LogP) is 4.57. The fraction of sp³-hybridized carbons (Fsp3) is 0.0435. The largest absolute Gasteiger partial charge is 0.382 e. The Morgan fingerprint density at radius 1 is 0.935 bits per heavy atom. The molecule has 154 valence electrons. The Morgan fingerprint density at radius 3 is 2.55 bits per heavy atom. The zero-order valence-electron chi connectivity index (χ0n) is 16.2. The molecule has 1 aliphatic rings. The highest BCUT2D eigenvalue weighted by Crippen LogP contribution is 2.31. The molecule has 0 radical (unpaired) electrons. The lowest BCUT2D eigenvalue weighted by molar-refractivity contribution is 0.601. The first-order valence-electron chi connectivity index (χ1n) is 9.52. The highest BCUT2D eigenvalue weighted by molar-refractivity contribution is 7.92. The molecular weight excluding hydrogens is 432 g/mol. The third kappa shape index (κ3) is 3.62. The van der Waals surface area contributed by atoms with Crippen LogP contribution >= 0.6 is 11.6 Å². The van der Waals surface area contributed by atoms with E-state index in [0.29, 0.717) is 40.0 Å². The number of nitrogens with zero attached hydrogens (tertiary/aromatic N) is 2. The van der Waals surface area contributed by atoms with Crippen LogP contribution in [0.25, 0.3) is 22.0 Å². The van der Waals surface area contributed by atoms with E-state index in [0.717, 1.165) is 16.3 Å². The summed E-state index contributed by atoms with van der Waals surface area (Å²) < 4.78 is 28.4. The summed E-state index contributed by atoms with van der Waals surface area (Å²) in [6.45, 7) is 0.525. The number of amidine groups is 1. The molecule has 0 amide bonds. The topological polar surface area (TPSA) is 97.4 Å². The van der Waals surface area contributed by atoms with Gasteiger partial charge >= 0.3 is 0 Å². The van der Waals surface area contributed by atoms with Crippen molar-refractivity contribution in [1.82, 2.24) is 4.98 Å². The van der Waals surface area contributed by atoms with Crippen molar-refractivity contribution in [2.24, 2.45) is 10.7 Å². The SMILES string of the molecule is NC1=NCc2ccc(-c3ccc(NS(=O)(=O)c4ccc5ccccc5c4)cc3Cl)nc21. The lowest BCUT2D eigenvalue weighted by Gasteiger charge is -2.11. The second-order valence-electron chi connectivity index (χ2n) is 7.21. The first-order valence-corrected chi connectivity index (χ1v) is 11.4. The van der Waals surface area contributed by atoms with Gasteiger partial charge in [0.05, 0.1) is 27.8 Å². The van der Waals surface area contributed by atoms with Gasteiger partial charge in [-0.2, -0.15) is 0 Å². The third-order valence-corrected chi connectivity index (χ3v) is 6.86. The van der Waals surface area contributed by atoms with Crippen LogP contribution in [0.1, 0.15) is 11.3 Å². The van der Waals surface area contributed by atoms with Crippen molar-refractivity contribution in [2.45, 2.75) is 11.4 Å². The summed E-state index contributed by atoms with van der Waals surface area (Å²) in [6, 6.07) is 21.4. The Bertz CT molecular complexity index is 1480. The highest BCUT2D eigenvalue weighted by Gasteiger charge is 2.18. The molecule has 6 nitrogen and oxygen atoms in total. The summed E-state index contributed by atoms with van der Waals surface area (Å²) in [5, 5.41) is 2.20. The average molecular weight is 449 g/mol. The average Bonchev–Trinajstić information content (AvgIpc) is 3.13. The minimum atomic E-state index is -3.77. The predicted molar refractivity (Wildman–Crippen MR) is 124 cm³/mol. The van der Waals surface area contributed by atoms with E-state index in [1.54, 1.807) is 36.4 Å². The molecular formula is C23H17ClN4O2S. The number of halogens is 1. The highest BCUT2D eigenvalue weighted by atomic mass is 35.5. The van der Waals surface area contributed by atoms with Gasteiger partial charge in [0.15, 0.2) is 0 Å². The maximum absolute atomic E-state index is 12.9. The molecule has 0 saturated heterocycles. The Hall–Kier alpha value is -3.42. The van der Waals surface area contributed by atoms with Gasteiger partial charge in [-0.05, 0) is 47.2 Å². The Labute approximate surface area is 184 Å². The minimum Gasteiger partial charge on any atom is -0.382 e. The molecule has 0 atom stereocenters. The van der Waals surface area contributed by atoms with Crippen LogP contribution < -0.4 is 10.5 Å². The van der Waals surface area contributed by atoms with Gasteiger partial charge in [0, 0.05) is 11.1 Å². The van der Waals surface area contributed by atoms with E-state index in [9.17, 15) is 8.42 Å². The number of rotatable bonds is 4. The number of hydrogen-bond acceptors (Lipinski definition) is 5. The molecule has 0 bridgehead atoms. The molecule has 31 heavy (non-hydrogen) atoms. The summed E-state index contributed by atoms with van der Waals surface area (Å²) in [6.07, 6.45) is 0. The van der Waals surface area contributed by atoms with Crippen LogP contribution in [-0.4, -0.2) is 19.2 Å². The van der Waals surface area contributed by atoms with E-state index < -0.39 is 10.0 Å². The molecule has 1 aliphatic heterocycles. The van der Waals surface area contributed by atoms with Gasteiger partial charge < -0.3 is 5.73 Å². The van der Waals surface area contributed by atoms with E-state index in [1.165, 1.54) is 0 Å². The van der Waals surface area contributed by atoms with Crippen LogP contribution in [0.4, 0.5) is 5.69 Å². The third-order valence-electron chi connectivity index (χ3n) is 5.17. The molecule has 4 aromatic rings. The molecule has 0 fully saturated rings. The molecule has 0 aliphatic carbocycles. The summed E-state index contributed by atoms with van der Waals surface area (Å²) in [4.78, 5) is 8.93. The lowest BCUT2D eigenvalue weighted by atomic mass is 10.1. The number of nitrogens with one attached hydrogen (secondary N) is 1. The summed E-state index contributed by atoms with van der Waals surface area (Å²) in [5.41, 5.74) is 9.21. The van der Waals surface area contributed by atoms with Crippen molar-refractivity contribution in [3.63, 3.8) is 0 Å². The number of hydrogen-bond donors (Lipinski definition) is 2. The van der Waals surface area contributed by atoms with E-state index >= 15 is 0 Å². The van der Waals surface area contributed by atoms with Crippen LogP contribution in [0.5, 0.6) is 0 Å². The number of sulfonamides is 1. The van der Waals surface area contributed by atoms with Gasteiger partial charge in [0.2, 0.25) is 0 Å². The molecule has 3 N–H and O–H groups in total. The van der Waals surface area contributed by atoms with Crippen molar-refractivity contribution in [3.8, 4) is 11.3 Å². The fourth-order valence-corrected chi connectivity index (χ4v) is 4.93. The summed E-state index contributed by atoms with van der Waals surface area (Å²) >= 11 is 6.47. The lowest BCUT2D eigenvalue weighted by Crippen LogP contribution is -2.13. The molecule has 8 heteroatoms. The second-order valence-corrected chi connectivity index (χ2v) is 9.30. The van der Waals surface area contributed by atoms with Crippen LogP contribution in [0.15, 0.2) is 82.7 Å². The van der Waals surface area contributed by atoms with E-state index in [4.69, 9.17) is 17.3 Å². The van der Waals surface area contributed by atoms with Crippen molar-refractivity contribution in [1.29, 1.82) is 0 Å².